The standard InChI is InChI=1S/C15H22N4O/c1-3-9-19-15(17-11-18-19)10-20-14-8-6-5-7-12(14)13(16)4-2/h5-8,11,13H,3-4,9-10,16H2,1-2H3/t13-/m0/s1. The first-order chi connectivity index (χ1) is 9.76. The largest absolute Gasteiger partial charge is 0.485 e. The SMILES string of the molecule is CCCn1ncnc1COc1ccccc1[C@@H](N)CC. The molecule has 0 amide bonds. The van der Waals surface area contributed by atoms with Gasteiger partial charge < -0.3 is 10.5 Å². The highest BCUT2D eigenvalue weighted by molar-refractivity contribution is 5.35. The molecule has 0 aliphatic carbocycles. The number of aromatic nitrogens is 3. The minimum absolute atomic E-state index is 0.000267. The normalized spacial score (nSPS) is 12.3. The smallest absolute Gasteiger partial charge is 0.164 e. The monoisotopic (exact) mass is 274 g/mol. The van der Waals surface area contributed by atoms with Gasteiger partial charge >= 0.3 is 0 Å². The van der Waals surface area contributed by atoms with E-state index in [2.05, 4.69) is 23.9 Å². The summed E-state index contributed by atoms with van der Waals surface area (Å²) in [6, 6.07) is 7.90. The molecule has 1 heterocycles. The Kier molecular flexibility index (Phi) is 5.12. The van der Waals surface area contributed by atoms with E-state index in [1.54, 1.807) is 6.33 Å². The molecular weight excluding hydrogens is 252 g/mol. The highest BCUT2D eigenvalue weighted by Crippen LogP contribution is 2.25. The molecule has 20 heavy (non-hydrogen) atoms. The van der Waals surface area contributed by atoms with Crippen LogP contribution in [0.15, 0.2) is 30.6 Å². The maximum Gasteiger partial charge on any atom is 0.164 e. The maximum absolute atomic E-state index is 6.11. The molecular formula is C15H22N4O. The summed E-state index contributed by atoms with van der Waals surface area (Å²) >= 11 is 0. The molecule has 1 atom stereocenters. The van der Waals surface area contributed by atoms with Crippen molar-refractivity contribution >= 4 is 0 Å². The van der Waals surface area contributed by atoms with E-state index in [9.17, 15) is 0 Å². The zero-order valence-electron chi connectivity index (χ0n) is 12.1. The lowest BCUT2D eigenvalue weighted by atomic mass is 10.0. The van der Waals surface area contributed by atoms with Gasteiger partial charge in [0.15, 0.2) is 5.82 Å². The summed E-state index contributed by atoms with van der Waals surface area (Å²) in [7, 11) is 0. The van der Waals surface area contributed by atoms with Crippen LogP contribution in [0, 0.1) is 0 Å². The summed E-state index contributed by atoms with van der Waals surface area (Å²) in [4.78, 5) is 4.24. The molecule has 2 rings (SSSR count). The van der Waals surface area contributed by atoms with Crippen LogP contribution in [-0.2, 0) is 13.2 Å². The van der Waals surface area contributed by atoms with Gasteiger partial charge in [0.05, 0.1) is 0 Å². The Morgan fingerprint density at radius 1 is 1.30 bits per heavy atom. The van der Waals surface area contributed by atoms with E-state index in [1.165, 1.54) is 0 Å². The van der Waals surface area contributed by atoms with Crippen LogP contribution in [0.4, 0.5) is 0 Å². The van der Waals surface area contributed by atoms with Crippen LogP contribution in [-0.4, -0.2) is 14.8 Å². The molecule has 2 N–H and O–H groups in total. The number of nitrogens with two attached hydrogens (primary N) is 1. The minimum Gasteiger partial charge on any atom is -0.485 e. The van der Waals surface area contributed by atoms with Crippen LogP contribution in [0.5, 0.6) is 5.75 Å². The second-order valence-corrected chi connectivity index (χ2v) is 4.74. The van der Waals surface area contributed by atoms with Crippen molar-refractivity contribution in [2.75, 3.05) is 0 Å². The molecule has 0 radical (unpaired) electrons. The topological polar surface area (TPSA) is 66.0 Å². The summed E-state index contributed by atoms with van der Waals surface area (Å²) in [5.41, 5.74) is 7.15. The molecule has 1 aromatic carbocycles. The Bertz CT molecular complexity index is 538. The van der Waals surface area contributed by atoms with Gasteiger partial charge in [0.25, 0.3) is 0 Å². The van der Waals surface area contributed by atoms with Crippen LogP contribution in [0.1, 0.15) is 44.1 Å². The average molecular weight is 274 g/mol. The molecule has 0 bridgehead atoms. The highest BCUT2D eigenvalue weighted by atomic mass is 16.5. The molecule has 0 spiro atoms. The van der Waals surface area contributed by atoms with Crippen molar-refractivity contribution in [3.63, 3.8) is 0 Å². The first-order valence-corrected chi connectivity index (χ1v) is 7.10. The van der Waals surface area contributed by atoms with E-state index in [0.29, 0.717) is 6.61 Å². The molecule has 5 nitrogen and oxygen atoms in total. The summed E-state index contributed by atoms with van der Waals surface area (Å²) in [5.74, 6) is 1.67. The summed E-state index contributed by atoms with van der Waals surface area (Å²) < 4.78 is 7.77. The second-order valence-electron chi connectivity index (χ2n) is 4.74. The Morgan fingerprint density at radius 3 is 2.85 bits per heavy atom. The number of hydrogen-bond donors (Lipinski definition) is 1. The lowest BCUT2D eigenvalue weighted by Crippen LogP contribution is -2.12. The van der Waals surface area contributed by atoms with Crippen molar-refractivity contribution in [2.24, 2.45) is 5.73 Å². The predicted octanol–water partition coefficient (Wildman–Crippen LogP) is 2.68. The lowest BCUT2D eigenvalue weighted by molar-refractivity contribution is 0.281. The van der Waals surface area contributed by atoms with Crippen LogP contribution in [0.3, 0.4) is 0 Å². The fourth-order valence-corrected chi connectivity index (χ4v) is 2.08. The number of benzene rings is 1. The molecule has 5 heteroatoms. The molecule has 0 fully saturated rings. The molecule has 0 saturated heterocycles. The van der Waals surface area contributed by atoms with Crippen LogP contribution in [0.25, 0.3) is 0 Å². The molecule has 108 valence electrons. The van der Waals surface area contributed by atoms with E-state index in [-0.39, 0.29) is 6.04 Å². The second kappa shape index (κ2) is 7.05. The van der Waals surface area contributed by atoms with E-state index in [1.807, 2.05) is 28.9 Å². The van der Waals surface area contributed by atoms with Crippen molar-refractivity contribution in [3.8, 4) is 5.75 Å². The van der Waals surface area contributed by atoms with E-state index in [4.69, 9.17) is 10.5 Å². The third kappa shape index (κ3) is 3.36. The molecule has 0 saturated carbocycles. The zero-order chi connectivity index (χ0) is 14.4. The Morgan fingerprint density at radius 2 is 2.10 bits per heavy atom. The summed E-state index contributed by atoms with van der Waals surface area (Å²) in [5, 5.41) is 4.19. The van der Waals surface area contributed by atoms with Gasteiger partial charge in [-0.15, -0.1) is 0 Å². The fourth-order valence-electron chi connectivity index (χ4n) is 2.08. The lowest BCUT2D eigenvalue weighted by Gasteiger charge is -2.15. The van der Waals surface area contributed by atoms with Crippen molar-refractivity contribution < 1.29 is 4.74 Å². The number of ether oxygens (including phenoxy) is 1. The Hall–Kier alpha value is -1.88. The molecule has 0 aliphatic heterocycles. The number of rotatable bonds is 7. The van der Waals surface area contributed by atoms with Gasteiger partial charge in [-0.3, -0.25) is 0 Å². The van der Waals surface area contributed by atoms with Crippen molar-refractivity contribution in [1.29, 1.82) is 0 Å². The summed E-state index contributed by atoms with van der Waals surface area (Å²) in [6.45, 7) is 5.45. The molecule has 0 unspecified atom stereocenters. The maximum atomic E-state index is 6.11. The van der Waals surface area contributed by atoms with Gasteiger partial charge in [-0.25, -0.2) is 9.67 Å². The molecule has 2 aromatic rings. The molecule has 0 aliphatic rings. The first-order valence-electron chi connectivity index (χ1n) is 7.10. The first kappa shape index (κ1) is 14.5. The van der Waals surface area contributed by atoms with Gasteiger partial charge in [-0.05, 0) is 18.9 Å². The number of aryl methyl sites for hydroxylation is 1. The van der Waals surface area contributed by atoms with Crippen molar-refractivity contribution in [1.82, 2.24) is 14.8 Å². The van der Waals surface area contributed by atoms with E-state index in [0.717, 1.165) is 36.5 Å². The number of nitrogens with zero attached hydrogens (tertiary/aromatic N) is 3. The highest BCUT2D eigenvalue weighted by Gasteiger charge is 2.11. The van der Waals surface area contributed by atoms with Crippen LogP contribution >= 0.6 is 0 Å². The third-order valence-electron chi connectivity index (χ3n) is 3.25. The fraction of sp³-hybridized carbons (Fsp3) is 0.467. The number of para-hydroxylation sites is 1. The quantitative estimate of drug-likeness (QED) is 0.843. The van der Waals surface area contributed by atoms with Crippen molar-refractivity contribution in [3.05, 3.63) is 42.0 Å². The average Bonchev–Trinajstić information content (AvgIpc) is 2.92. The van der Waals surface area contributed by atoms with Gasteiger partial charge in [0.1, 0.15) is 18.7 Å². The van der Waals surface area contributed by atoms with E-state index >= 15 is 0 Å². The van der Waals surface area contributed by atoms with Gasteiger partial charge in [0.2, 0.25) is 0 Å². The predicted molar refractivity (Wildman–Crippen MR) is 78.3 cm³/mol. The Balaban J connectivity index is 2.09. The van der Waals surface area contributed by atoms with Gasteiger partial charge in [0, 0.05) is 18.2 Å². The minimum atomic E-state index is -0.000267. The third-order valence-corrected chi connectivity index (χ3v) is 3.25. The Labute approximate surface area is 119 Å². The zero-order valence-corrected chi connectivity index (χ0v) is 12.1. The van der Waals surface area contributed by atoms with Gasteiger partial charge in [-0.2, -0.15) is 5.10 Å². The van der Waals surface area contributed by atoms with Crippen LogP contribution in [0.2, 0.25) is 0 Å². The van der Waals surface area contributed by atoms with Crippen molar-refractivity contribution in [2.45, 2.75) is 45.9 Å². The van der Waals surface area contributed by atoms with Crippen LogP contribution < -0.4 is 10.5 Å². The molecule has 1 aromatic heterocycles. The number of hydrogen-bond acceptors (Lipinski definition) is 4. The summed E-state index contributed by atoms with van der Waals surface area (Å²) in [6.07, 6.45) is 3.47. The van der Waals surface area contributed by atoms with Gasteiger partial charge in [-0.1, -0.05) is 32.0 Å². The van der Waals surface area contributed by atoms with E-state index < -0.39 is 0 Å².